The van der Waals surface area contributed by atoms with Gasteiger partial charge in [0, 0.05) is 16.5 Å². The van der Waals surface area contributed by atoms with Crippen molar-refractivity contribution < 1.29 is 18.3 Å². The normalized spacial score (nSPS) is 14.4. The molecule has 0 aliphatic heterocycles. The van der Waals surface area contributed by atoms with E-state index in [1.807, 2.05) is 24.3 Å². The van der Waals surface area contributed by atoms with E-state index in [1.54, 1.807) is 11.6 Å². The number of ether oxygens (including phenoxy) is 1. The largest absolute Gasteiger partial charge is 0.488 e. The van der Waals surface area contributed by atoms with Crippen LogP contribution in [0.4, 0.5) is 8.78 Å². The van der Waals surface area contributed by atoms with Crippen LogP contribution in [0.3, 0.4) is 0 Å². The van der Waals surface area contributed by atoms with Gasteiger partial charge in [-0.25, -0.2) is 13.5 Å². The molecule has 1 heterocycles. The van der Waals surface area contributed by atoms with E-state index in [1.165, 1.54) is 6.07 Å². The van der Waals surface area contributed by atoms with Crippen LogP contribution in [-0.4, -0.2) is 33.5 Å². The number of amides is 1. The number of nitrogens with one attached hydrogen (secondary N) is 1. The fourth-order valence-electron chi connectivity index (χ4n) is 3.09. The third-order valence-electron chi connectivity index (χ3n) is 4.72. The molecule has 9 heteroatoms. The van der Waals surface area contributed by atoms with E-state index in [9.17, 15) is 13.6 Å². The third-order valence-corrected chi connectivity index (χ3v) is 5.24. The van der Waals surface area contributed by atoms with Gasteiger partial charge in [-0.3, -0.25) is 4.79 Å². The molecule has 1 aliphatic rings. The van der Waals surface area contributed by atoms with Gasteiger partial charge in [0.1, 0.15) is 12.4 Å². The van der Waals surface area contributed by atoms with Gasteiger partial charge < -0.3 is 10.1 Å². The van der Waals surface area contributed by atoms with Gasteiger partial charge in [-0.1, -0.05) is 21.1 Å². The van der Waals surface area contributed by atoms with Gasteiger partial charge in [-0.15, -0.1) is 5.10 Å². The summed E-state index contributed by atoms with van der Waals surface area (Å²) in [5.41, 5.74) is 1.89. The maximum absolute atomic E-state index is 13.7. The molecule has 1 fully saturated rings. The summed E-state index contributed by atoms with van der Waals surface area (Å²) in [6, 6.07) is 10.3. The van der Waals surface area contributed by atoms with Gasteiger partial charge in [-0.05, 0) is 56.2 Å². The third kappa shape index (κ3) is 4.51. The molecule has 1 aromatic heterocycles. The first kappa shape index (κ1) is 20.5. The van der Waals surface area contributed by atoms with Crippen molar-refractivity contribution in [2.75, 3.05) is 6.61 Å². The second-order valence-electron chi connectivity index (χ2n) is 7.25. The Labute approximate surface area is 180 Å². The Morgan fingerprint density at radius 1 is 1.27 bits per heavy atom. The number of halogens is 3. The molecule has 156 valence electrons. The van der Waals surface area contributed by atoms with Gasteiger partial charge in [0.05, 0.1) is 17.4 Å². The molecule has 0 bridgehead atoms. The number of hydrogen-bond acceptors (Lipinski definition) is 4. The maximum Gasteiger partial charge on any atom is 0.274 e. The summed E-state index contributed by atoms with van der Waals surface area (Å²) in [5, 5.41) is 11.1. The average molecular weight is 477 g/mol. The fraction of sp³-hybridized carbons (Fsp3) is 0.286. The maximum atomic E-state index is 13.7. The predicted molar refractivity (Wildman–Crippen MR) is 110 cm³/mol. The Balaban J connectivity index is 1.46. The summed E-state index contributed by atoms with van der Waals surface area (Å²) in [7, 11) is 0. The van der Waals surface area contributed by atoms with E-state index in [0.717, 1.165) is 40.8 Å². The first-order valence-electron chi connectivity index (χ1n) is 9.52. The molecule has 0 unspecified atom stereocenters. The highest BCUT2D eigenvalue weighted by Gasteiger charge is 2.34. The summed E-state index contributed by atoms with van der Waals surface area (Å²) in [5.74, 6) is -1.66. The van der Waals surface area contributed by atoms with E-state index >= 15 is 0 Å². The van der Waals surface area contributed by atoms with E-state index in [4.69, 9.17) is 4.74 Å². The minimum absolute atomic E-state index is 0.0217. The lowest BCUT2D eigenvalue weighted by molar-refractivity contribution is 0.0920. The van der Waals surface area contributed by atoms with Gasteiger partial charge in [0.2, 0.25) is 0 Å². The number of carbonyl (C=O) groups is 1. The van der Waals surface area contributed by atoms with Gasteiger partial charge in [-0.2, -0.15) is 0 Å². The molecular formula is C21H19BrF2N4O2. The van der Waals surface area contributed by atoms with Crippen molar-refractivity contribution in [3.8, 4) is 11.4 Å². The zero-order valence-corrected chi connectivity index (χ0v) is 17.7. The minimum atomic E-state index is -0.790. The first-order valence-corrected chi connectivity index (χ1v) is 10.3. The Kier molecular flexibility index (Phi) is 5.80. The highest BCUT2D eigenvalue weighted by atomic mass is 79.9. The monoisotopic (exact) mass is 476 g/mol. The molecule has 1 aliphatic carbocycles. The molecule has 1 amide bonds. The number of aromatic nitrogens is 3. The zero-order chi connectivity index (χ0) is 21.3. The molecule has 0 spiro atoms. The number of hydrogen-bond donors (Lipinski definition) is 1. The van der Waals surface area contributed by atoms with Crippen molar-refractivity contribution in [3.63, 3.8) is 0 Å². The number of benzene rings is 2. The van der Waals surface area contributed by atoms with Crippen LogP contribution in [0, 0.1) is 11.6 Å². The summed E-state index contributed by atoms with van der Waals surface area (Å²) in [6.07, 6.45) is 1.96. The molecule has 1 atom stereocenters. The first-order chi connectivity index (χ1) is 14.4. The SMILES string of the molecule is C[C@H](COc1ccc(F)cc1F)NC(=O)c1nnn(-c2ccc(Br)cc2)c1C1CC1. The predicted octanol–water partition coefficient (Wildman–Crippen LogP) is 4.38. The second-order valence-corrected chi connectivity index (χ2v) is 8.16. The van der Waals surface area contributed by atoms with Crippen molar-refractivity contribution in [2.24, 2.45) is 0 Å². The molecule has 1 N–H and O–H groups in total. The zero-order valence-electron chi connectivity index (χ0n) is 16.1. The molecule has 0 radical (unpaired) electrons. The lowest BCUT2D eigenvalue weighted by atomic mass is 10.2. The Hall–Kier alpha value is -2.81. The van der Waals surface area contributed by atoms with Crippen molar-refractivity contribution in [1.82, 2.24) is 20.3 Å². The van der Waals surface area contributed by atoms with Gasteiger partial charge in [0.25, 0.3) is 5.91 Å². The summed E-state index contributed by atoms with van der Waals surface area (Å²) >= 11 is 3.41. The van der Waals surface area contributed by atoms with Crippen LogP contribution < -0.4 is 10.1 Å². The van der Waals surface area contributed by atoms with Crippen molar-refractivity contribution >= 4 is 21.8 Å². The van der Waals surface area contributed by atoms with E-state index in [-0.39, 0.29) is 29.9 Å². The topological polar surface area (TPSA) is 69.0 Å². The number of rotatable bonds is 7. The van der Waals surface area contributed by atoms with Crippen LogP contribution in [0.5, 0.6) is 5.75 Å². The number of nitrogens with zero attached hydrogens (tertiary/aromatic N) is 3. The Morgan fingerprint density at radius 3 is 2.67 bits per heavy atom. The van der Waals surface area contributed by atoms with Crippen molar-refractivity contribution in [3.05, 3.63) is 70.0 Å². The van der Waals surface area contributed by atoms with Crippen LogP contribution in [0.15, 0.2) is 46.9 Å². The lowest BCUT2D eigenvalue weighted by Crippen LogP contribution is -2.37. The second kappa shape index (κ2) is 8.51. The van der Waals surface area contributed by atoms with Crippen molar-refractivity contribution in [2.45, 2.75) is 31.7 Å². The molecule has 2 aromatic carbocycles. The van der Waals surface area contributed by atoms with Crippen molar-refractivity contribution in [1.29, 1.82) is 0 Å². The molecule has 3 aromatic rings. The summed E-state index contributed by atoms with van der Waals surface area (Å²) in [4.78, 5) is 12.8. The van der Waals surface area contributed by atoms with Gasteiger partial charge >= 0.3 is 0 Å². The highest BCUT2D eigenvalue weighted by Crippen LogP contribution is 2.42. The molecule has 30 heavy (non-hydrogen) atoms. The number of carbonyl (C=O) groups excluding carboxylic acids is 1. The van der Waals surface area contributed by atoms with E-state index in [2.05, 4.69) is 31.6 Å². The van der Waals surface area contributed by atoms with Crippen LogP contribution in [0.1, 0.15) is 41.9 Å². The van der Waals surface area contributed by atoms with Crippen LogP contribution in [0.2, 0.25) is 0 Å². The molecular weight excluding hydrogens is 458 g/mol. The van der Waals surface area contributed by atoms with Crippen LogP contribution in [-0.2, 0) is 0 Å². The molecule has 6 nitrogen and oxygen atoms in total. The molecule has 1 saturated carbocycles. The lowest BCUT2D eigenvalue weighted by Gasteiger charge is -2.15. The molecule has 4 rings (SSSR count). The van der Waals surface area contributed by atoms with Gasteiger partial charge in [0.15, 0.2) is 17.3 Å². The smallest absolute Gasteiger partial charge is 0.274 e. The summed E-state index contributed by atoms with van der Waals surface area (Å²) < 4.78 is 34.7. The highest BCUT2D eigenvalue weighted by molar-refractivity contribution is 9.10. The van der Waals surface area contributed by atoms with E-state index in [0.29, 0.717) is 0 Å². The fourth-order valence-corrected chi connectivity index (χ4v) is 3.35. The average Bonchev–Trinajstić information content (AvgIpc) is 3.45. The quantitative estimate of drug-likeness (QED) is 0.549. The Morgan fingerprint density at radius 2 is 2.00 bits per heavy atom. The standard InChI is InChI=1S/C21H19BrF2N4O2/c1-12(11-30-18-9-6-15(23)10-17(18)24)25-21(29)19-20(13-2-3-13)28(27-26-19)16-7-4-14(22)5-8-16/h4-10,12-13H,2-3,11H2,1H3,(H,25,29)/t12-/m1/s1. The minimum Gasteiger partial charge on any atom is -0.488 e. The van der Waals surface area contributed by atoms with Crippen LogP contribution in [0.25, 0.3) is 5.69 Å². The molecule has 0 saturated heterocycles. The summed E-state index contributed by atoms with van der Waals surface area (Å²) in [6.45, 7) is 1.75. The van der Waals surface area contributed by atoms with Crippen LogP contribution >= 0.6 is 15.9 Å². The van der Waals surface area contributed by atoms with E-state index < -0.39 is 17.7 Å². The Bertz CT molecular complexity index is 1070.